The first kappa shape index (κ1) is 20.0. The molecule has 3 rings (SSSR count). The molecule has 2 aromatic carbocycles. The van der Waals surface area contributed by atoms with E-state index in [1.54, 1.807) is 31.4 Å². The molecule has 6 heteroatoms. The number of thiocarbonyl (C=S) groups is 1. The van der Waals surface area contributed by atoms with Gasteiger partial charge in [-0.15, -0.1) is 0 Å². The lowest BCUT2D eigenvalue weighted by molar-refractivity contribution is 0.166. The van der Waals surface area contributed by atoms with E-state index in [0.717, 1.165) is 17.5 Å². The fraction of sp³-hybridized carbons (Fsp3) is 0.381. The second-order valence-corrected chi connectivity index (χ2v) is 9.70. The van der Waals surface area contributed by atoms with Crippen LogP contribution in [0, 0.1) is 12.3 Å². The molecule has 2 N–H and O–H groups in total. The summed E-state index contributed by atoms with van der Waals surface area (Å²) >= 11 is 5.34. The summed E-state index contributed by atoms with van der Waals surface area (Å²) in [5.41, 5.74) is 8.33. The van der Waals surface area contributed by atoms with E-state index in [2.05, 4.69) is 6.92 Å². The maximum Gasteiger partial charge on any atom is 0.182 e. The van der Waals surface area contributed by atoms with Crippen LogP contribution in [0.4, 0.5) is 0 Å². The molecule has 0 aliphatic heterocycles. The largest absolute Gasteiger partial charge is 0.393 e. The Morgan fingerprint density at radius 1 is 1.15 bits per heavy atom. The van der Waals surface area contributed by atoms with Crippen LogP contribution in [-0.4, -0.2) is 32.4 Å². The van der Waals surface area contributed by atoms with Crippen LogP contribution < -0.4 is 5.73 Å². The molecular weight excluding hydrogens is 378 g/mol. The molecule has 1 aliphatic carbocycles. The number of sulfone groups is 1. The van der Waals surface area contributed by atoms with Crippen molar-refractivity contribution in [3.05, 3.63) is 65.2 Å². The van der Waals surface area contributed by atoms with Crippen LogP contribution >= 0.6 is 12.2 Å². The maximum absolute atomic E-state index is 13.4. The molecule has 0 spiro atoms. The Morgan fingerprint density at radius 2 is 1.74 bits per heavy atom. The summed E-state index contributed by atoms with van der Waals surface area (Å²) in [6.07, 6.45) is 0.925. The molecule has 3 atom stereocenters. The average Bonchev–Trinajstić information content (AvgIpc) is 3.33. The molecule has 4 nitrogen and oxygen atoms in total. The van der Waals surface area contributed by atoms with E-state index in [0.29, 0.717) is 4.90 Å². The summed E-state index contributed by atoms with van der Waals surface area (Å²) in [6.45, 7) is 4.19. The quantitative estimate of drug-likeness (QED) is 0.718. The number of nitrogens with two attached hydrogens (primary N) is 1. The Morgan fingerprint density at radius 3 is 2.22 bits per heavy atom. The zero-order valence-corrected chi connectivity index (χ0v) is 17.4. The van der Waals surface area contributed by atoms with Gasteiger partial charge in [0.15, 0.2) is 9.84 Å². The molecule has 1 aliphatic rings. The highest BCUT2D eigenvalue weighted by Gasteiger charge is 2.73. The number of methoxy groups -OCH3 is 1. The van der Waals surface area contributed by atoms with Gasteiger partial charge in [-0.3, -0.25) is 0 Å². The maximum atomic E-state index is 13.4. The molecule has 0 heterocycles. The van der Waals surface area contributed by atoms with E-state index in [4.69, 9.17) is 22.7 Å². The van der Waals surface area contributed by atoms with Gasteiger partial charge >= 0.3 is 0 Å². The molecular formula is C21H25NO3S2. The van der Waals surface area contributed by atoms with Crippen molar-refractivity contribution < 1.29 is 13.2 Å². The van der Waals surface area contributed by atoms with Crippen molar-refractivity contribution >= 4 is 27.0 Å². The molecule has 1 saturated carbocycles. The second-order valence-electron chi connectivity index (χ2n) is 7.19. The molecule has 27 heavy (non-hydrogen) atoms. The first-order valence-corrected chi connectivity index (χ1v) is 10.9. The van der Waals surface area contributed by atoms with Crippen molar-refractivity contribution in [2.45, 2.75) is 36.3 Å². The summed E-state index contributed by atoms with van der Waals surface area (Å²) in [4.78, 5) is 0.483. The number of hydrogen-bond donors (Lipinski definition) is 1. The minimum absolute atomic E-state index is 0.179. The molecule has 144 valence electrons. The average molecular weight is 404 g/mol. The Labute approximate surface area is 166 Å². The molecule has 0 saturated heterocycles. The van der Waals surface area contributed by atoms with Crippen molar-refractivity contribution in [2.24, 2.45) is 11.1 Å². The third-order valence-electron chi connectivity index (χ3n) is 5.53. The van der Waals surface area contributed by atoms with Crippen molar-refractivity contribution in [1.82, 2.24) is 0 Å². The summed E-state index contributed by atoms with van der Waals surface area (Å²) in [5, 5.41) is -0.724. The van der Waals surface area contributed by atoms with Gasteiger partial charge in [-0.1, -0.05) is 61.1 Å². The van der Waals surface area contributed by atoms with Gasteiger partial charge in [0.2, 0.25) is 0 Å². The monoisotopic (exact) mass is 403 g/mol. The Balaban J connectivity index is 2.09. The van der Waals surface area contributed by atoms with E-state index in [1.807, 2.05) is 31.2 Å². The lowest BCUT2D eigenvalue weighted by Crippen LogP contribution is -2.33. The third-order valence-corrected chi connectivity index (χ3v) is 8.20. The molecule has 0 aromatic heterocycles. The van der Waals surface area contributed by atoms with E-state index in [-0.39, 0.29) is 17.5 Å². The minimum atomic E-state index is -3.62. The van der Waals surface area contributed by atoms with Gasteiger partial charge in [0.25, 0.3) is 0 Å². The zero-order valence-electron chi connectivity index (χ0n) is 15.8. The topological polar surface area (TPSA) is 69.4 Å². The van der Waals surface area contributed by atoms with Crippen LogP contribution in [0.15, 0.2) is 53.4 Å². The molecule has 1 fully saturated rings. The van der Waals surface area contributed by atoms with E-state index in [9.17, 15) is 8.42 Å². The SMILES string of the molecule is CCc1ccc([C@@H]2[C@H](S(=O)(=O)c3ccc(C)cc3)[C@@]2(COC)C(N)=S)cc1. The fourth-order valence-electron chi connectivity index (χ4n) is 3.94. The van der Waals surface area contributed by atoms with Gasteiger partial charge in [-0.2, -0.15) is 0 Å². The lowest BCUT2D eigenvalue weighted by atomic mass is 9.98. The van der Waals surface area contributed by atoms with Gasteiger partial charge < -0.3 is 10.5 Å². The molecule has 0 bridgehead atoms. The summed E-state index contributed by atoms with van der Waals surface area (Å²) in [5.74, 6) is -0.313. The van der Waals surface area contributed by atoms with Crippen LogP contribution in [0.1, 0.15) is 29.5 Å². The van der Waals surface area contributed by atoms with Crippen LogP contribution in [0.5, 0.6) is 0 Å². The van der Waals surface area contributed by atoms with Crippen LogP contribution in [0.2, 0.25) is 0 Å². The lowest BCUT2D eigenvalue weighted by Gasteiger charge is -2.16. The smallest absolute Gasteiger partial charge is 0.182 e. The summed E-state index contributed by atoms with van der Waals surface area (Å²) < 4.78 is 32.2. The van der Waals surface area contributed by atoms with Crippen molar-refractivity contribution in [3.63, 3.8) is 0 Å². The third kappa shape index (κ3) is 3.30. The highest BCUT2D eigenvalue weighted by molar-refractivity contribution is 7.92. The van der Waals surface area contributed by atoms with Gasteiger partial charge in [0.1, 0.15) is 0 Å². The highest BCUT2D eigenvalue weighted by atomic mass is 32.2. The van der Waals surface area contributed by atoms with E-state index in [1.165, 1.54) is 5.56 Å². The number of rotatable bonds is 7. The predicted molar refractivity (Wildman–Crippen MR) is 112 cm³/mol. The summed E-state index contributed by atoms with van der Waals surface area (Å²) in [6, 6.07) is 14.9. The second kappa shape index (κ2) is 7.34. The Kier molecular flexibility index (Phi) is 5.43. The minimum Gasteiger partial charge on any atom is -0.393 e. The molecule has 0 unspecified atom stereocenters. The first-order chi connectivity index (χ1) is 12.8. The highest BCUT2D eigenvalue weighted by Crippen LogP contribution is 2.64. The van der Waals surface area contributed by atoms with E-state index >= 15 is 0 Å². The Hall–Kier alpha value is -1.76. The predicted octanol–water partition coefficient (Wildman–Crippen LogP) is 3.42. The van der Waals surface area contributed by atoms with Gasteiger partial charge in [-0.25, -0.2) is 8.42 Å². The molecule has 0 amide bonds. The first-order valence-electron chi connectivity index (χ1n) is 8.97. The van der Waals surface area contributed by atoms with Gasteiger partial charge in [0.05, 0.1) is 27.2 Å². The number of benzene rings is 2. The standard InChI is InChI=1S/C21H25NO3S2/c1-4-15-7-9-16(10-8-15)18-19(21(18,13-25-3)20(22)26)27(23,24)17-11-5-14(2)6-12-17/h5-12,18-19H,4,13H2,1-3H3,(H2,22,26)/t18-,19+,21+/m1/s1. The number of hydrogen-bond acceptors (Lipinski definition) is 4. The van der Waals surface area contributed by atoms with Crippen LogP contribution in [0.3, 0.4) is 0 Å². The van der Waals surface area contributed by atoms with Crippen molar-refractivity contribution in [3.8, 4) is 0 Å². The van der Waals surface area contributed by atoms with Crippen molar-refractivity contribution in [2.75, 3.05) is 13.7 Å². The van der Waals surface area contributed by atoms with Gasteiger partial charge in [-0.05, 0) is 36.6 Å². The molecule has 2 aromatic rings. The summed E-state index contributed by atoms with van der Waals surface area (Å²) in [7, 11) is -2.07. The number of ether oxygens (including phenoxy) is 1. The normalized spacial score (nSPS) is 24.6. The fourth-order valence-corrected chi connectivity index (χ4v) is 6.71. The van der Waals surface area contributed by atoms with E-state index < -0.39 is 20.5 Å². The zero-order chi connectivity index (χ0) is 19.8. The van der Waals surface area contributed by atoms with Crippen LogP contribution in [-0.2, 0) is 21.0 Å². The van der Waals surface area contributed by atoms with Crippen LogP contribution in [0.25, 0.3) is 0 Å². The Bertz CT molecular complexity index is 936. The van der Waals surface area contributed by atoms with Crippen molar-refractivity contribution in [1.29, 1.82) is 0 Å². The number of aryl methyl sites for hydroxylation is 2. The van der Waals surface area contributed by atoms with Gasteiger partial charge in [0, 0.05) is 13.0 Å². The molecule has 0 radical (unpaired) electrons.